The second kappa shape index (κ2) is 9.59. The van der Waals surface area contributed by atoms with Gasteiger partial charge < -0.3 is 10.1 Å². The summed E-state index contributed by atoms with van der Waals surface area (Å²) in [6.07, 6.45) is 5.61. The Morgan fingerprint density at radius 1 is 1.11 bits per heavy atom. The SMILES string of the molecule is CC(OCCCNC(=O)/C=C/c1cnc2ccccc2n1)c1ccccc1. The van der Waals surface area contributed by atoms with Gasteiger partial charge in [0.1, 0.15) is 0 Å². The van der Waals surface area contributed by atoms with Crippen LogP contribution in [0.2, 0.25) is 0 Å². The van der Waals surface area contributed by atoms with Crippen molar-refractivity contribution in [2.45, 2.75) is 19.4 Å². The maximum Gasteiger partial charge on any atom is 0.244 e. The number of nitrogens with one attached hydrogen (secondary N) is 1. The average Bonchev–Trinajstić information content (AvgIpc) is 2.72. The van der Waals surface area contributed by atoms with Gasteiger partial charge in [0, 0.05) is 19.2 Å². The molecule has 1 heterocycles. The third-order valence-electron chi connectivity index (χ3n) is 4.13. The van der Waals surface area contributed by atoms with Crippen molar-refractivity contribution in [2.75, 3.05) is 13.2 Å². The van der Waals surface area contributed by atoms with Crippen molar-refractivity contribution in [2.24, 2.45) is 0 Å². The molecule has 27 heavy (non-hydrogen) atoms. The van der Waals surface area contributed by atoms with Crippen molar-refractivity contribution in [3.63, 3.8) is 0 Å². The first-order chi connectivity index (χ1) is 13.2. The summed E-state index contributed by atoms with van der Waals surface area (Å²) in [5, 5.41) is 2.85. The summed E-state index contributed by atoms with van der Waals surface area (Å²) in [7, 11) is 0. The third-order valence-corrected chi connectivity index (χ3v) is 4.13. The van der Waals surface area contributed by atoms with Gasteiger partial charge in [-0.25, -0.2) is 4.98 Å². The summed E-state index contributed by atoms with van der Waals surface area (Å²) < 4.78 is 5.79. The first kappa shape index (κ1) is 18.7. The zero-order chi connectivity index (χ0) is 18.9. The number of amides is 1. The predicted molar refractivity (Wildman–Crippen MR) is 107 cm³/mol. The number of aromatic nitrogens is 2. The topological polar surface area (TPSA) is 64.1 Å². The van der Waals surface area contributed by atoms with Crippen LogP contribution < -0.4 is 5.32 Å². The van der Waals surface area contributed by atoms with Crippen molar-refractivity contribution in [3.8, 4) is 0 Å². The van der Waals surface area contributed by atoms with Gasteiger partial charge in [-0.15, -0.1) is 0 Å². The smallest absolute Gasteiger partial charge is 0.244 e. The molecule has 0 bridgehead atoms. The van der Waals surface area contributed by atoms with Crippen LogP contribution in [0.15, 0.2) is 66.9 Å². The van der Waals surface area contributed by atoms with Crippen LogP contribution in [0.25, 0.3) is 17.1 Å². The summed E-state index contributed by atoms with van der Waals surface area (Å²) in [6, 6.07) is 17.7. The maximum atomic E-state index is 11.9. The summed E-state index contributed by atoms with van der Waals surface area (Å²) in [5.74, 6) is -0.152. The Labute approximate surface area is 159 Å². The second-order valence-corrected chi connectivity index (χ2v) is 6.19. The van der Waals surface area contributed by atoms with Crippen molar-refractivity contribution in [1.82, 2.24) is 15.3 Å². The normalized spacial score (nSPS) is 12.3. The lowest BCUT2D eigenvalue weighted by Gasteiger charge is -2.13. The van der Waals surface area contributed by atoms with E-state index in [0.29, 0.717) is 18.8 Å². The molecular weight excluding hydrogens is 338 g/mol. The third kappa shape index (κ3) is 5.72. The minimum atomic E-state index is -0.152. The molecule has 5 nitrogen and oxygen atoms in total. The van der Waals surface area contributed by atoms with Crippen LogP contribution in [0.1, 0.15) is 30.7 Å². The number of ether oxygens (including phenoxy) is 1. The zero-order valence-electron chi connectivity index (χ0n) is 15.3. The molecule has 1 amide bonds. The highest BCUT2D eigenvalue weighted by Crippen LogP contribution is 2.15. The standard InChI is InChI=1S/C22H23N3O2/c1-17(18-8-3-2-4-9-18)27-15-7-14-23-22(26)13-12-19-16-24-20-10-5-6-11-21(20)25-19/h2-6,8-13,16-17H,7,14-15H2,1H3,(H,23,26)/b13-12+. The minimum Gasteiger partial charge on any atom is -0.374 e. The highest BCUT2D eigenvalue weighted by molar-refractivity contribution is 5.91. The van der Waals surface area contributed by atoms with E-state index in [-0.39, 0.29) is 12.0 Å². The number of fused-ring (bicyclic) bond motifs is 1. The van der Waals surface area contributed by atoms with Gasteiger partial charge >= 0.3 is 0 Å². The molecule has 0 radical (unpaired) electrons. The molecule has 0 fully saturated rings. The van der Waals surface area contributed by atoms with Gasteiger partial charge in [-0.1, -0.05) is 42.5 Å². The fraction of sp³-hybridized carbons (Fsp3) is 0.227. The van der Waals surface area contributed by atoms with Gasteiger partial charge in [-0.3, -0.25) is 9.78 Å². The number of benzene rings is 2. The molecule has 0 saturated carbocycles. The summed E-state index contributed by atoms with van der Waals surface area (Å²) in [5.41, 5.74) is 3.46. The van der Waals surface area contributed by atoms with Crippen molar-refractivity contribution < 1.29 is 9.53 Å². The van der Waals surface area contributed by atoms with Crippen molar-refractivity contribution in [3.05, 3.63) is 78.1 Å². The number of para-hydroxylation sites is 2. The maximum absolute atomic E-state index is 11.9. The zero-order valence-corrected chi connectivity index (χ0v) is 15.3. The number of hydrogen-bond donors (Lipinski definition) is 1. The fourth-order valence-electron chi connectivity index (χ4n) is 2.64. The van der Waals surface area contributed by atoms with Gasteiger partial charge in [-0.2, -0.15) is 0 Å². The number of rotatable bonds is 8. The molecule has 5 heteroatoms. The van der Waals surface area contributed by atoms with Gasteiger partial charge in [0.05, 0.1) is 29.0 Å². The van der Waals surface area contributed by atoms with Crippen LogP contribution in [-0.2, 0) is 9.53 Å². The first-order valence-corrected chi connectivity index (χ1v) is 9.06. The lowest BCUT2D eigenvalue weighted by Crippen LogP contribution is -2.23. The molecule has 1 aromatic heterocycles. The number of carbonyl (C=O) groups excluding carboxylic acids is 1. The van der Waals surface area contributed by atoms with Crippen LogP contribution in [-0.4, -0.2) is 29.0 Å². The van der Waals surface area contributed by atoms with E-state index in [4.69, 9.17) is 4.74 Å². The van der Waals surface area contributed by atoms with Crippen LogP contribution in [0.5, 0.6) is 0 Å². The molecule has 0 aliphatic heterocycles. The van der Waals surface area contributed by atoms with E-state index in [1.165, 1.54) is 6.08 Å². The highest BCUT2D eigenvalue weighted by Gasteiger charge is 2.04. The monoisotopic (exact) mass is 361 g/mol. The molecule has 3 rings (SSSR count). The van der Waals surface area contributed by atoms with Gasteiger partial charge in [0.2, 0.25) is 5.91 Å². The molecule has 3 aromatic rings. The van der Waals surface area contributed by atoms with Crippen LogP contribution in [0.3, 0.4) is 0 Å². The Morgan fingerprint density at radius 2 is 1.85 bits per heavy atom. The van der Waals surface area contributed by atoms with E-state index < -0.39 is 0 Å². The van der Waals surface area contributed by atoms with Crippen molar-refractivity contribution in [1.29, 1.82) is 0 Å². The molecular formula is C22H23N3O2. The fourth-order valence-corrected chi connectivity index (χ4v) is 2.64. The van der Waals surface area contributed by atoms with Crippen molar-refractivity contribution >= 4 is 23.0 Å². The number of carbonyl (C=O) groups is 1. The van der Waals surface area contributed by atoms with Gasteiger partial charge in [0.15, 0.2) is 0 Å². The molecule has 0 saturated heterocycles. The van der Waals surface area contributed by atoms with Crippen LogP contribution >= 0.6 is 0 Å². The molecule has 2 aromatic carbocycles. The highest BCUT2D eigenvalue weighted by atomic mass is 16.5. The predicted octanol–water partition coefficient (Wildman–Crippen LogP) is 3.93. The summed E-state index contributed by atoms with van der Waals surface area (Å²) >= 11 is 0. The largest absolute Gasteiger partial charge is 0.374 e. The van der Waals surface area contributed by atoms with E-state index in [0.717, 1.165) is 23.0 Å². The molecule has 0 spiro atoms. The molecule has 1 unspecified atom stereocenters. The Bertz CT molecular complexity index is 910. The number of hydrogen-bond acceptors (Lipinski definition) is 4. The molecule has 0 aliphatic rings. The van der Waals surface area contributed by atoms with Gasteiger partial charge in [-0.05, 0) is 37.1 Å². The van der Waals surface area contributed by atoms with E-state index in [9.17, 15) is 4.79 Å². The van der Waals surface area contributed by atoms with Crippen LogP contribution in [0.4, 0.5) is 0 Å². The average molecular weight is 361 g/mol. The van der Waals surface area contributed by atoms with E-state index >= 15 is 0 Å². The second-order valence-electron chi connectivity index (χ2n) is 6.19. The lowest BCUT2D eigenvalue weighted by molar-refractivity contribution is -0.116. The minimum absolute atomic E-state index is 0.0493. The van der Waals surface area contributed by atoms with Crippen LogP contribution in [0, 0.1) is 0 Å². The Hall–Kier alpha value is -3.05. The Morgan fingerprint density at radius 3 is 2.67 bits per heavy atom. The summed E-state index contributed by atoms with van der Waals surface area (Å²) in [4.78, 5) is 20.7. The first-order valence-electron chi connectivity index (χ1n) is 9.06. The lowest BCUT2D eigenvalue weighted by atomic mass is 10.1. The van der Waals surface area contributed by atoms with E-state index in [1.54, 1.807) is 12.3 Å². The molecule has 0 aliphatic carbocycles. The summed E-state index contributed by atoms with van der Waals surface area (Å²) in [6.45, 7) is 3.19. The molecule has 1 N–H and O–H groups in total. The molecule has 138 valence electrons. The van der Waals surface area contributed by atoms with E-state index in [2.05, 4.69) is 15.3 Å². The Balaban J connectivity index is 1.38. The molecule has 1 atom stereocenters. The van der Waals surface area contributed by atoms with Gasteiger partial charge in [0.25, 0.3) is 0 Å². The Kier molecular flexibility index (Phi) is 6.66. The number of nitrogens with zero attached hydrogens (tertiary/aromatic N) is 2. The van der Waals surface area contributed by atoms with E-state index in [1.807, 2.05) is 61.5 Å². The quantitative estimate of drug-likeness (QED) is 0.488.